The summed E-state index contributed by atoms with van der Waals surface area (Å²) in [5, 5.41) is 14.4. The number of hydrogen-bond donors (Lipinski definition) is 1. The van der Waals surface area contributed by atoms with E-state index in [4.69, 9.17) is 11.6 Å². The molecule has 20 heavy (non-hydrogen) atoms. The van der Waals surface area contributed by atoms with Crippen LogP contribution in [0.15, 0.2) is 36.5 Å². The van der Waals surface area contributed by atoms with Crippen molar-refractivity contribution in [2.45, 2.75) is 18.9 Å². The molecular weight excluding hydrogens is 278 g/mol. The van der Waals surface area contributed by atoms with Gasteiger partial charge in [0, 0.05) is 18.3 Å². The Morgan fingerprint density at radius 2 is 1.95 bits per heavy atom. The van der Waals surface area contributed by atoms with Crippen LogP contribution < -0.4 is 5.32 Å². The van der Waals surface area contributed by atoms with Gasteiger partial charge in [-0.3, -0.25) is 10.1 Å². The van der Waals surface area contributed by atoms with Crippen molar-refractivity contribution < 1.29 is 4.92 Å². The van der Waals surface area contributed by atoms with Gasteiger partial charge in [0.05, 0.1) is 9.95 Å². The smallest absolute Gasteiger partial charge is 0.312 e. The van der Waals surface area contributed by atoms with Gasteiger partial charge < -0.3 is 5.32 Å². The summed E-state index contributed by atoms with van der Waals surface area (Å²) in [7, 11) is 0. The Kier molecular flexibility index (Phi) is 3.28. The maximum Gasteiger partial charge on any atom is 0.312 e. The van der Waals surface area contributed by atoms with Gasteiger partial charge >= 0.3 is 5.69 Å². The minimum Gasteiger partial charge on any atom is -0.361 e. The average Bonchev–Trinajstić information content (AvgIpc) is 2.82. The molecule has 5 nitrogen and oxygen atoms in total. The molecule has 1 aromatic carbocycles. The summed E-state index contributed by atoms with van der Waals surface area (Å²) >= 11 is 5.76. The number of pyridine rings is 1. The van der Waals surface area contributed by atoms with Gasteiger partial charge in [-0.15, -0.1) is 0 Å². The molecule has 2 aromatic rings. The number of anilines is 1. The van der Waals surface area contributed by atoms with Crippen LogP contribution in [0.3, 0.4) is 0 Å². The number of aromatic nitrogens is 1. The van der Waals surface area contributed by atoms with Crippen molar-refractivity contribution in [1.82, 2.24) is 4.98 Å². The van der Waals surface area contributed by atoms with E-state index < -0.39 is 4.92 Å². The molecule has 6 heteroatoms. The Labute approximate surface area is 120 Å². The fourth-order valence-corrected chi connectivity index (χ4v) is 2.69. The van der Waals surface area contributed by atoms with E-state index in [1.54, 1.807) is 0 Å². The van der Waals surface area contributed by atoms with Crippen LogP contribution in [-0.4, -0.2) is 15.9 Å². The van der Waals surface area contributed by atoms with Gasteiger partial charge in [-0.05, 0) is 24.0 Å². The van der Waals surface area contributed by atoms with Crippen LogP contribution in [0.4, 0.5) is 11.5 Å². The number of nitrogens with one attached hydrogen (secondary N) is 1. The maximum absolute atomic E-state index is 11.0. The molecule has 102 valence electrons. The first-order valence-corrected chi connectivity index (χ1v) is 6.64. The van der Waals surface area contributed by atoms with Crippen LogP contribution in [0, 0.1) is 10.1 Å². The number of nitro groups is 1. The van der Waals surface area contributed by atoms with Gasteiger partial charge in [-0.25, -0.2) is 4.98 Å². The normalized spacial score (nSPS) is 14.1. The van der Waals surface area contributed by atoms with Crippen molar-refractivity contribution in [3.63, 3.8) is 0 Å². The second kappa shape index (κ2) is 5.09. The first kappa shape index (κ1) is 12.9. The molecule has 0 bridgehead atoms. The topological polar surface area (TPSA) is 68.1 Å². The van der Waals surface area contributed by atoms with Crippen molar-refractivity contribution in [2.75, 3.05) is 5.32 Å². The molecular formula is C14H12ClN3O2. The van der Waals surface area contributed by atoms with Crippen LogP contribution >= 0.6 is 11.6 Å². The lowest BCUT2D eigenvalue weighted by molar-refractivity contribution is -0.384. The number of nitrogens with zero attached hydrogens (tertiary/aromatic N) is 2. The number of hydrogen-bond acceptors (Lipinski definition) is 4. The number of rotatable bonds is 3. The highest BCUT2D eigenvalue weighted by molar-refractivity contribution is 6.30. The van der Waals surface area contributed by atoms with Gasteiger partial charge in [-0.2, -0.15) is 0 Å². The third kappa shape index (κ3) is 2.44. The number of fused-ring (bicyclic) bond motifs is 1. The van der Waals surface area contributed by atoms with Gasteiger partial charge in [0.25, 0.3) is 0 Å². The molecule has 3 rings (SSSR count). The van der Waals surface area contributed by atoms with Gasteiger partial charge in [0.1, 0.15) is 0 Å². The van der Waals surface area contributed by atoms with Crippen molar-refractivity contribution in [3.8, 4) is 0 Å². The van der Waals surface area contributed by atoms with Crippen LogP contribution in [0.1, 0.15) is 11.1 Å². The summed E-state index contributed by atoms with van der Waals surface area (Å²) < 4.78 is 0. The van der Waals surface area contributed by atoms with Gasteiger partial charge in [0.2, 0.25) is 5.82 Å². The van der Waals surface area contributed by atoms with Crippen molar-refractivity contribution >= 4 is 23.1 Å². The van der Waals surface area contributed by atoms with Crippen molar-refractivity contribution in [1.29, 1.82) is 0 Å². The first-order valence-electron chi connectivity index (χ1n) is 6.27. The molecule has 0 saturated carbocycles. The lowest BCUT2D eigenvalue weighted by atomic mass is 10.1. The molecule has 1 heterocycles. The van der Waals surface area contributed by atoms with Gasteiger partial charge in [-0.1, -0.05) is 35.9 Å². The van der Waals surface area contributed by atoms with E-state index in [-0.39, 0.29) is 22.6 Å². The second-order valence-electron chi connectivity index (χ2n) is 4.80. The third-order valence-corrected chi connectivity index (χ3v) is 3.63. The quantitative estimate of drug-likeness (QED) is 0.696. The van der Waals surface area contributed by atoms with E-state index in [1.165, 1.54) is 23.4 Å². The maximum atomic E-state index is 11.0. The molecule has 0 atom stereocenters. The van der Waals surface area contributed by atoms with E-state index in [0.717, 1.165) is 12.8 Å². The van der Waals surface area contributed by atoms with E-state index in [9.17, 15) is 10.1 Å². The zero-order valence-corrected chi connectivity index (χ0v) is 11.3. The molecule has 0 spiro atoms. The van der Waals surface area contributed by atoms with E-state index in [0.29, 0.717) is 0 Å². The molecule has 0 fully saturated rings. The average molecular weight is 290 g/mol. The van der Waals surface area contributed by atoms with Crippen LogP contribution in [0.2, 0.25) is 5.02 Å². The summed E-state index contributed by atoms with van der Waals surface area (Å²) in [6.07, 6.45) is 3.11. The minimum absolute atomic E-state index is 0.0894. The highest BCUT2D eigenvalue weighted by Gasteiger charge is 2.24. The van der Waals surface area contributed by atoms with Crippen molar-refractivity contribution in [2.24, 2.45) is 0 Å². The summed E-state index contributed by atoms with van der Waals surface area (Å²) in [5.74, 6) is 0.275. The fraction of sp³-hybridized carbons (Fsp3) is 0.214. The predicted octanol–water partition coefficient (Wildman–Crippen LogP) is 3.22. The molecule has 1 aliphatic carbocycles. The Morgan fingerprint density at radius 1 is 1.30 bits per heavy atom. The lowest BCUT2D eigenvalue weighted by Crippen LogP contribution is -2.21. The number of benzene rings is 1. The molecule has 1 aromatic heterocycles. The summed E-state index contributed by atoms with van der Waals surface area (Å²) in [5.41, 5.74) is 2.47. The Bertz CT molecular complexity index is 650. The molecule has 0 unspecified atom stereocenters. The molecule has 0 amide bonds. The molecule has 1 N–H and O–H groups in total. The van der Waals surface area contributed by atoms with Crippen molar-refractivity contribution in [3.05, 3.63) is 62.8 Å². The summed E-state index contributed by atoms with van der Waals surface area (Å²) in [6.45, 7) is 0. The second-order valence-corrected chi connectivity index (χ2v) is 5.23. The van der Waals surface area contributed by atoms with Gasteiger partial charge in [0.15, 0.2) is 0 Å². The summed E-state index contributed by atoms with van der Waals surface area (Å²) in [6, 6.07) is 9.62. The lowest BCUT2D eigenvalue weighted by Gasteiger charge is -2.12. The fourth-order valence-electron chi connectivity index (χ4n) is 2.53. The Hall–Kier alpha value is -2.14. The third-order valence-electron chi connectivity index (χ3n) is 3.42. The zero-order valence-electron chi connectivity index (χ0n) is 10.5. The molecule has 0 radical (unpaired) electrons. The summed E-state index contributed by atoms with van der Waals surface area (Å²) in [4.78, 5) is 14.6. The Balaban J connectivity index is 1.82. The number of halogens is 1. The van der Waals surface area contributed by atoms with E-state index in [1.807, 2.05) is 12.1 Å². The highest BCUT2D eigenvalue weighted by Crippen LogP contribution is 2.29. The molecule has 0 aliphatic heterocycles. The highest BCUT2D eigenvalue weighted by atomic mass is 35.5. The van der Waals surface area contributed by atoms with Crippen LogP contribution in [-0.2, 0) is 12.8 Å². The van der Waals surface area contributed by atoms with Crippen LogP contribution in [0.25, 0.3) is 0 Å². The van der Waals surface area contributed by atoms with Crippen LogP contribution in [0.5, 0.6) is 0 Å². The first-order chi connectivity index (χ1) is 9.63. The standard InChI is InChI=1S/C14H12ClN3O2/c15-11-7-13(18(19)20)14(16-8-11)17-12-5-9-3-1-2-4-10(9)6-12/h1-4,7-8,12H,5-6H2,(H,16,17). The zero-order chi connectivity index (χ0) is 14.1. The largest absolute Gasteiger partial charge is 0.361 e. The van der Waals surface area contributed by atoms with E-state index in [2.05, 4.69) is 22.4 Å². The minimum atomic E-state index is -0.469. The molecule has 1 aliphatic rings. The monoisotopic (exact) mass is 289 g/mol. The molecule has 0 saturated heterocycles. The van der Waals surface area contributed by atoms with E-state index >= 15 is 0 Å². The SMILES string of the molecule is O=[N+]([O-])c1cc(Cl)cnc1NC1Cc2ccccc2C1. The Morgan fingerprint density at radius 3 is 2.55 bits per heavy atom. The predicted molar refractivity (Wildman–Crippen MR) is 77.2 cm³/mol.